The van der Waals surface area contributed by atoms with Crippen molar-refractivity contribution in [1.29, 1.82) is 0 Å². The molecule has 0 bridgehead atoms. The van der Waals surface area contributed by atoms with Gasteiger partial charge in [0.1, 0.15) is 0 Å². The number of fused-ring (bicyclic) bond motifs is 1. The van der Waals surface area contributed by atoms with E-state index in [2.05, 4.69) is 11.1 Å². The Bertz CT molecular complexity index is 659. The molecule has 1 aliphatic rings. The summed E-state index contributed by atoms with van der Waals surface area (Å²) in [5.41, 5.74) is 4.39. The first kappa shape index (κ1) is 14.1. The first-order valence-corrected chi connectivity index (χ1v) is 7.47. The molecule has 1 aromatic heterocycles. The number of hydrogen-bond donors (Lipinski definition) is 0. The minimum atomic E-state index is 0.181. The number of rotatable bonds is 3. The van der Waals surface area contributed by atoms with Gasteiger partial charge in [0.25, 0.3) is 0 Å². The molecule has 0 fully saturated rings. The highest BCUT2D eigenvalue weighted by Gasteiger charge is 2.23. The fraction of sp³-hybridized carbons (Fsp3) is 0.294. The Balaban J connectivity index is 1.59. The van der Waals surface area contributed by atoms with Crippen molar-refractivity contribution in [3.05, 3.63) is 63.9 Å². The van der Waals surface area contributed by atoms with Crippen LogP contribution in [0.3, 0.4) is 0 Å². The molecule has 0 N–H and O–H groups in total. The van der Waals surface area contributed by atoms with Crippen LogP contribution in [0.5, 0.6) is 0 Å². The van der Waals surface area contributed by atoms with Crippen molar-refractivity contribution in [2.24, 2.45) is 0 Å². The number of pyridine rings is 1. The number of nitrogens with zero attached hydrogens (tertiary/aromatic N) is 2. The maximum absolute atomic E-state index is 12.3. The third-order valence-corrected chi connectivity index (χ3v) is 4.31. The summed E-state index contributed by atoms with van der Waals surface area (Å²) < 4.78 is 0. The lowest BCUT2D eigenvalue weighted by Gasteiger charge is -2.15. The van der Waals surface area contributed by atoms with Gasteiger partial charge in [-0.1, -0.05) is 29.8 Å². The molecule has 2 aromatic rings. The molecule has 2 heterocycles. The summed E-state index contributed by atoms with van der Waals surface area (Å²) in [6.45, 7) is 3.30. The van der Waals surface area contributed by atoms with Gasteiger partial charge in [-0.25, -0.2) is 0 Å². The van der Waals surface area contributed by atoms with Crippen LogP contribution in [0.15, 0.2) is 36.5 Å². The molecule has 0 saturated heterocycles. The number of amides is 1. The van der Waals surface area contributed by atoms with Gasteiger partial charge in [-0.3, -0.25) is 9.78 Å². The molecule has 0 radical (unpaired) electrons. The highest BCUT2D eigenvalue weighted by molar-refractivity contribution is 6.31. The van der Waals surface area contributed by atoms with E-state index >= 15 is 0 Å². The van der Waals surface area contributed by atoms with Crippen molar-refractivity contribution in [1.82, 2.24) is 9.88 Å². The third-order valence-electron chi connectivity index (χ3n) is 3.89. The van der Waals surface area contributed by atoms with E-state index < -0.39 is 0 Å². The Labute approximate surface area is 129 Å². The van der Waals surface area contributed by atoms with Crippen LogP contribution >= 0.6 is 11.6 Å². The van der Waals surface area contributed by atoms with E-state index in [9.17, 15) is 4.79 Å². The second-order valence-corrected chi connectivity index (χ2v) is 5.85. The second kappa shape index (κ2) is 5.86. The van der Waals surface area contributed by atoms with Crippen LogP contribution in [-0.2, 0) is 24.3 Å². The van der Waals surface area contributed by atoms with E-state index in [-0.39, 0.29) is 5.91 Å². The van der Waals surface area contributed by atoms with E-state index in [1.807, 2.05) is 36.1 Å². The van der Waals surface area contributed by atoms with Gasteiger partial charge >= 0.3 is 0 Å². The molecule has 1 aliphatic heterocycles. The van der Waals surface area contributed by atoms with Crippen molar-refractivity contribution in [3.63, 3.8) is 0 Å². The van der Waals surface area contributed by atoms with Crippen LogP contribution in [0.25, 0.3) is 0 Å². The number of aryl methyl sites for hydroxylation is 2. The Kier molecular flexibility index (Phi) is 3.93. The van der Waals surface area contributed by atoms with Crippen molar-refractivity contribution >= 4 is 17.5 Å². The molecular weight excluding hydrogens is 284 g/mol. The topological polar surface area (TPSA) is 33.2 Å². The summed E-state index contributed by atoms with van der Waals surface area (Å²) >= 11 is 6.02. The summed E-state index contributed by atoms with van der Waals surface area (Å²) in [5, 5.41) is 0.770. The lowest BCUT2D eigenvalue weighted by atomic mass is 10.1. The summed E-state index contributed by atoms with van der Waals surface area (Å²) in [5.74, 6) is 0.181. The first-order valence-electron chi connectivity index (χ1n) is 7.09. The molecule has 3 nitrogen and oxygen atoms in total. The molecule has 4 heteroatoms. The number of halogens is 1. The van der Waals surface area contributed by atoms with Crippen LogP contribution in [0.1, 0.15) is 28.8 Å². The smallest absolute Gasteiger partial charge is 0.223 e. The largest absolute Gasteiger partial charge is 0.332 e. The van der Waals surface area contributed by atoms with Gasteiger partial charge < -0.3 is 4.90 Å². The molecule has 0 atom stereocenters. The van der Waals surface area contributed by atoms with E-state index in [0.29, 0.717) is 19.5 Å². The molecular formula is C17H17ClN2O. The van der Waals surface area contributed by atoms with Crippen LogP contribution in [-0.4, -0.2) is 15.8 Å². The fourth-order valence-electron chi connectivity index (χ4n) is 2.65. The SMILES string of the molecule is Cc1cc(CCC(=O)N2Cc3cccnc3C2)ccc1Cl. The van der Waals surface area contributed by atoms with E-state index in [4.69, 9.17) is 11.6 Å². The zero-order valence-electron chi connectivity index (χ0n) is 12.0. The molecule has 21 heavy (non-hydrogen) atoms. The lowest BCUT2D eigenvalue weighted by Crippen LogP contribution is -2.25. The molecule has 3 rings (SSSR count). The molecule has 0 aliphatic carbocycles. The predicted molar refractivity (Wildman–Crippen MR) is 83.0 cm³/mol. The van der Waals surface area contributed by atoms with Crippen molar-refractivity contribution in [3.8, 4) is 0 Å². The summed E-state index contributed by atoms with van der Waals surface area (Å²) in [4.78, 5) is 18.5. The Morgan fingerprint density at radius 3 is 2.95 bits per heavy atom. The maximum atomic E-state index is 12.3. The quantitative estimate of drug-likeness (QED) is 0.869. The average Bonchev–Trinajstić information content (AvgIpc) is 2.92. The minimum absolute atomic E-state index is 0.181. The maximum Gasteiger partial charge on any atom is 0.223 e. The molecule has 0 unspecified atom stereocenters. The predicted octanol–water partition coefficient (Wildman–Crippen LogP) is 3.52. The highest BCUT2D eigenvalue weighted by atomic mass is 35.5. The van der Waals surface area contributed by atoms with Gasteiger partial charge in [0.2, 0.25) is 5.91 Å². The van der Waals surface area contributed by atoms with Crippen LogP contribution in [0.2, 0.25) is 5.02 Å². The first-order chi connectivity index (χ1) is 10.1. The molecule has 0 spiro atoms. The van der Waals surface area contributed by atoms with E-state index in [0.717, 1.165) is 33.8 Å². The standard InChI is InChI=1S/C17H17ClN2O/c1-12-9-13(4-6-15(12)18)5-7-17(21)20-10-14-3-2-8-19-16(14)11-20/h2-4,6,8-9H,5,7,10-11H2,1H3. The molecule has 1 amide bonds. The van der Waals surface area contributed by atoms with E-state index in [1.54, 1.807) is 6.20 Å². The van der Waals surface area contributed by atoms with E-state index in [1.165, 1.54) is 0 Å². The van der Waals surface area contributed by atoms with Gasteiger partial charge in [0, 0.05) is 24.2 Å². The number of carbonyl (C=O) groups excluding carboxylic acids is 1. The van der Waals surface area contributed by atoms with Gasteiger partial charge in [0.05, 0.1) is 12.2 Å². The third kappa shape index (κ3) is 3.08. The Morgan fingerprint density at radius 2 is 2.19 bits per heavy atom. The molecule has 0 saturated carbocycles. The number of carbonyl (C=O) groups is 1. The molecule has 1 aromatic carbocycles. The monoisotopic (exact) mass is 300 g/mol. The van der Waals surface area contributed by atoms with Crippen LogP contribution < -0.4 is 0 Å². The molecule has 108 valence electrons. The van der Waals surface area contributed by atoms with Crippen molar-refractivity contribution < 1.29 is 4.79 Å². The lowest BCUT2D eigenvalue weighted by molar-refractivity contribution is -0.131. The van der Waals surface area contributed by atoms with Gasteiger partial charge in [-0.2, -0.15) is 0 Å². The number of hydrogen-bond acceptors (Lipinski definition) is 2. The highest BCUT2D eigenvalue weighted by Crippen LogP contribution is 2.22. The summed E-state index contributed by atoms with van der Waals surface area (Å²) in [7, 11) is 0. The second-order valence-electron chi connectivity index (χ2n) is 5.44. The van der Waals surface area contributed by atoms with Crippen LogP contribution in [0.4, 0.5) is 0 Å². The summed E-state index contributed by atoms with van der Waals surface area (Å²) in [6.07, 6.45) is 3.05. The fourth-order valence-corrected chi connectivity index (χ4v) is 2.77. The van der Waals surface area contributed by atoms with Crippen molar-refractivity contribution in [2.75, 3.05) is 0 Å². The average molecular weight is 301 g/mol. The zero-order valence-corrected chi connectivity index (χ0v) is 12.7. The van der Waals surface area contributed by atoms with Crippen molar-refractivity contribution in [2.45, 2.75) is 32.9 Å². The zero-order chi connectivity index (χ0) is 14.8. The minimum Gasteiger partial charge on any atom is -0.332 e. The normalized spacial score (nSPS) is 13.3. The Hall–Kier alpha value is -1.87. The van der Waals surface area contributed by atoms with Gasteiger partial charge in [-0.15, -0.1) is 0 Å². The van der Waals surface area contributed by atoms with Gasteiger partial charge in [-0.05, 0) is 42.2 Å². The van der Waals surface area contributed by atoms with Crippen LogP contribution in [0, 0.1) is 6.92 Å². The van der Waals surface area contributed by atoms with Gasteiger partial charge in [0.15, 0.2) is 0 Å². The number of aromatic nitrogens is 1. The Morgan fingerprint density at radius 1 is 1.33 bits per heavy atom. The number of benzene rings is 1. The summed E-state index contributed by atoms with van der Waals surface area (Å²) in [6, 6.07) is 9.90.